The zero-order valence-corrected chi connectivity index (χ0v) is 31.3. The number of alkyl halides is 3. The SMILES string of the molecule is C#Cc1c(F)ccc2cc(O)cc(-c3nc(OC)c4c(N5CC6CCC(C5)N6)nc(OCC5(CN6CCC(C)C6)CC5)nc4c3F)c12.CC(NC=O)C(F)(F)F. The molecule has 2 aromatic carbocycles. The number of rotatable bonds is 10. The van der Waals surface area contributed by atoms with Crippen LogP contribution in [0.2, 0.25) is 0 Å². The van der Waals surface area contributed by atoms with Crippen molar-refractivity contribution in [3.05, 3.63) is 41.5 Å². The van der Waals surface area contributed by atoms with Crippen molar-refractivity contribution in [3.8, 4) is 41.2 Å². The fourth-order valence-corrected chi connectivity index (χ4v) is 8.03. The number of ether oxygens (including phenoxy) is 2. The average molecular weight is 782 g/mol. The van der Waals surface area contributed by atoms with Crippen LogP contribution in [0, 0.1) is 35.3 Å². The lowest BCUT2D eigenvalue weighted by Gasteiger charge is -2.34. The van der Waals surface area contributed by atoms with Gasteiger partial charge in [-0.15, -0.1) is 6.42 Å². The number of hydrogen-bond acceptors (Lipinski definition) is 10. The minimum absolute atomic E-state index is 0.0221. The maximum absolute atomic E-state index is 17.0. The van der Waals surface area contributed by atoms with Crippen LogP contribution in [0.1, 0.15) is 51.5 Å². The molecular weight excluding hydrogens is 737 g/mol. The number of halogens is 5. The number of aromatic nitrogens is 3. The van der Waals surface area contributed by atoms with E-state index in [9.17, 15) is 27.5 Å². The third-order valence-corrected chi connectivity index (χ3v) is 11.2. The molecule has 5 heterocycles. The molecule has 0 radical (unpaired) electrons. The van der Waals surface area contributed by atoms with Crippen molar-refractivity contribution < 1.29 is 41.3 Å². The third-order valence-electron chi connectivity index (χ3n) is 11.2. The first kappa shape index (κ1) is 39.2. The average Bonchev–Trinajstić information content (AvgIpc) is 3.68. The molecule has 2 bridgehead atoms. The van der Waals surface area contributed by atoms with Crippen LogP contribution in [0.3, 0.4) is 0 Å². The Kier molecular flexibility index (Phi) is 10.9. The van der Waals surface area contributed by atoms with Crippen LogP contribution >= 0.6 is 0 Å². The molecule has 3 N–H and O–H groups in total. The van der Waals surface area contributed by atoms with Crippen molar-refractivity contribution in [2.75, 3.05) is 51.3 Å². The van der Waals surface area contributed by atoms with Crippen molar-refractivity contribution in [1.29, 1.82) is 0 Å². The van der Waals surface area contributed by atoms with Gasteiger partial charge in [0.15, 0.2) is 5.82 Å². The van der Waals surface area contributed by atoms with Gasteiger partial charge in [-0.25, -0.2) is 13.8 Å². The zero-order chi connectivity index (χ0) is 39.9. The molecule has 4 unspecified atom stereocenters. The summed E-state index contributed by atoms with van der Waals surface area (Å²) in [5, 5.41) is 16.9. The fraction of sp³-hybridized carbons (Fsp3) is 0.500. The number of terminal acetylenes is 1. The predicted octanol–water partition coefficient (Wildman–Crippen LogP) is 5.94. The molecule has 4 atom stereocenters. The van der Waals surface area contributed by atoms with E-state index in [0.29, 0.717) is 54.3 Å². The van der Waals surface area contributed by atoms with Crippen LogP contribution in [0.5, 0.6) is 17.6 Å². The predicted molar refractivity (Wildman–Crippen MR) is 201 cm³/mol. The molecule has 1 amide bonds. The summed E-state index contributed by atoms with van der Waals surface area (Å²) in [7, 11) is 1.46. The number of hydrogen-bond donors (Lipinski definition) is 3. The minimum atomic E-state index is -4.33. The number of fused-ring (bicyclic) bond motifs is 4. The standard InChI is InChI=1S/C36H38F2N6O3.C4H6F3NO/c1-4-25-27(37)8-5-21-13-24(45)14-26(28(21)25)31-30(38)32-29(34(40-31)46-3)33(44-16-22-6-7-23(17-44)39-22)42-35(41-32)47-19-36(10-11-36)18-43-12-9-20(2)15-43;1-3(8-2-9)4(5,6)7/h1,5,8,13-14,20,22-23,39,45H,6-7,9-12,15-19H2,2-3H3;2-3H,1H3,(H,8,9). The number of amides is 1. The number of methoxy groups -OCH3 is 1. The summed E-state index contributed by atoms with van der Waals surface area (Å²) in [6, 6.07) is 4.43. The van der Waals surface area contributed by atoms with E-state index in [-0.39, 0.29) is 57.2 Å². The highest BCUT2D eigenvalue weighted by Gasteiger charge is 2.46. The maximum atomic E-state index is 17.0. The van der Waals surface area contributed by atoms with Gasteiger partial charge in [-0.05, 0) is 75.1 Å². The van der Waals surface area contributed by atoms with Crippen LogP contribution in [0.25, 0.3) is 32.9 Å². The number of pyridine rings is 1. The van der Waals surface area contributed by atoms with Crippen LogP contribution in [-0.2, 0) is 4.79 Å². The van der Waals surface area contributed by atoms with Gasteiger partial charge in [0.05, 0.1) is 19.3 Å². The highest BCUT2D eigenvalue weighted by atomic mass is 19.4. The summed E-state index contributed by atoms with van der Waals surface area (Å²) < 4.78 is 78.4. The number of carbonyl (C=O) groups is 1. The molecule has 3 saturated heterocycles. The first-order valence-electron chi connectivity index (χ1n) is 18.7. The third kappa shape index (κ3) is 7.97. The number of likely N-dealkylation sites (tertiary alicyclic amines) is 1. The van der Waals surface area contributed by atoms with Gasteiger partial charge in [0.2, 0.25) is 12.3 Å². The van der Waals surface area contributed by atoms with E-state index >= 15 is 4.39 Å². The first-order valence-corrected chi connectivity index (χ1v) is 18.7. The molecule has 298 valence electrons. The number of nitrogens with zero attached hydrogens (tertiary/aromatic N) is 5. The monoisotopic (exact) mass is 781 g/mol. The Labute approximate surface area is 321 Å². The number of benzene rings is 2. The summed E-state index contributed by atoms with van der Waals surface area (Å²) >= 11 is 0. The van der Waals surface area contributed by atoms with Crippen LogP contribution < -0.4 is 25.0 Å². The summed E-state index contributed by atoms with van der Waals surface area (Å²) in [6.07, 6.45) is 6.86. The highest BCUT2D eigenvalue weighted by Crippen LogP contribution is 2.48. The Bertz CT molecular complexity index is 2160. The van der Waals surface area contributed by atoms with Crippen molar-refractivity contribution in [1.82, 2.24) is 30.5 Å². The minimum Gasteiger partial charge on any atom is -0.508 e. The van der Waals surface area contributed by atoms with Crippen molar-refractivity contribution in [2.24, 2.45) is 11.3 Å². The van der Waals surface area contributed by atoms with Crippen LogP contribution in [-0.4, -0.2) is 102 Å². The summed E-state index contributed by atoms with van der Waals surface area (Å²) in [5.74, 6) is 2.17. The van der Waals surface area contributed by atoms with Gasteiger partial charge in [-0.3, -0.25) is 4.79 Å². The van der Waals surface area contributed by atoms with E-state index < -0.39 is 23.9 Å². The Balaban J connectivity index is 0.000000478. The number of carbonyl (C=O) groups excluding carboxylic acids is 1. The first-order chi connectivity index (χ1) is 26.7. The lowest BCUT2D eigenvalue weighted by atomic mass is 9.95. The molecule has 16 heteroatoms. The lowest BCUT2D eigenvalue weighted by Crippen LogP contribution is -2.51. The van der Waals surface area contributed by atoms with Gasteiger partial charge in [0.1, 0.15) is 40.0 Å². The van der Waals surface area contributed by atoms with E-state index in [1.807, 2.05) is 0 Å². The smallest absolute Gasteiger partial charge is 0.408 e. The second kappa shape index (κ2) is 15.5. The van der Waals surface area contributed by atoms with Gasteiger partial charge < -0.3 is 35.0 Å². The lowest BCUT2D eigenvalue weighted by molar-refractivity contribution is -0.154. The Morgan fingerprint density at radius 1 is 1.11 bits per heavy atom. The second-order valence-corrected chi connectivity index (χ2v) is 15.5. The zero-order valence-electron chi connectivity index (χ0n) is 31.3. The fourth-order valence-electron chi connectivity index (χ4n) is 8.03. The molecule has 11 nitrogen and oxygen atoms in total. The topological polar surface area (TPSA) is 125 Å². The molecule has 8 rings (SSSR count). The van der Waals surface area contributed by atoms with Crippen molar-refractivity contribution in [2.45, 2.75) is 70.3 Å². The molecule has 56 heavy (non-hydrogen) atoms. The Morgan fingerprint density at radius 2 is 1.84 bits per heavy atom. The molecule has 3 aliphatic heterocycles. The molecule has 1 saturated carbocycles. The van der Waals surface area contributed by atoms with E-state index in [2.05, 4.69) is 37.9 Å². The highest BCUT2D eigenvalue weighted by molar-refractivity contribution is 6.04. The Hall–Kier alpha value is -5.01. The van der Waals surface area contributed by atoms with E-state index in [4.69, 9.17) is 20.9 Å². The number of piperazine rings is 1. The van der Waals surface area contributed by atoms with Gasteiger partial charge in [0.25, 0.3) is 0 Å². The van der Waals surface area contributed by atoms with Crippen molar-refractivity contribution in [3.63, 3.8) is 0 Å². The Morgan fingerprint density at radius 3 is 2.43 bits per heavy atom. The quantitative estimate of drug-likeness (QED) is 0.101. The second-order valence-electron chi connectivity index (χ2n) is 15.5. The number of nitrogens with one attached hydrogen (secondary N) is 2. The summed E-state index contributed by atoms with van der Waals surface area (Å²) in [5.41, 5.74) is -0.0819. The van der Waals surface area contributed by atoms with Gasteiger partial charge in [-0.2, -0.15) is 23.1 Å². The van der Waals surface area contributed by atoms with Crippen molar-refractivity contribution >= 4 is 33.9 Å². The van der Waals surface area contributed by atoms with E-state index in [0.717, 1.165) is 52.2 Å². The number of aromatic hydroxyl groups is 1. The van der Waals surface area contributed by atoms with Gasteiger partial charge >= 0.3 is 12.2 Å². The molecule has 0 spiro atoms. The molecule has 4 fully saturated rings. The van der Waals surface area contributed by atoms with Crippen LogP contribution in [0.4, 0.5) is 27.8 Å². The molecule has 2 aromatic heterocycles. The summed E-state index contributed by atoms with van der Waals surface area (Å²) in [4.78, 5) is 28.3. The summed E-state index contributed by atoms with van der Waals surface area (Å²) in [6.45, 7) is 8.14. The number of phenolic OH excluding ortho intramolecular Hbond substituents is 1. The molecule has 4 aliphatic rings. The number of anilines is 1. The molecular formula is C40H44F5N7O4. The molecule has 4 aromatic rings. The van der Waals surface area contributed by atoms with Gasteiger partial charge in [0, 0.05) is 54.6 Å². The van der Waals surface area contributed by atoms with E-state index in [1.54, 1.807) is 5.32 Å². The normalized spacial score (nSPS) is 22.0. The maximum Gasteiger partial charge on any atom is 0.408 e. The van der Waals surface area contributed by atoms with E-state index in [1.165, 1.54) is 37.8 Å². The molecule has 1 aliphatic carbocycles. The number of phenols is 1. The largest absolute Gasteiger partial charge is 0.508 e. The van der Waals surface area contributed by atoms with Gasteiger partial charge in [-0.1, -0.05) is 18.9 Å². The van der Waals surface area contributed by atoms with Crippen LogP contribution in [0.15, 0.2) is 24.3 Å².